The molecule has 114 valence electrons. The van der Waals surface area contributed by atoms with Crippen molar-refractivity contribution in [2.75, 3.05) is 33.2 Å². The SMILES string of the molecule is CN1CCN(C2=CC3=CC(=C(C#N)C#N)CC[C@H]3CC2)CC1. The van der Waals surface area contributed by atoms with Crippen molar-refractivity contribution in [2.24, 2.45) is 5.92 Å². The van der Waals surface area contributed by atoms with Crippen molar-refractivity contribution >= 4 is 0 Å². The van der Waals surface area contributed by atoms with Crippen LogP contribution in [0.2, 0.25) is 0 Å². The third-order valence-electron chi connectivity index (χ3n) is 5.11. The standard InChI is InChI=1S/C18H22N4/c1-21-6-8-22(9-7-21)18-5-4-14-2-3-15(10-16(14)11-18)17(12-19)13-20/h10-11,14H,2-9H2,1H3/t14-/m0/s1. The molecule has 0 N–H and O–H groups in total. The minimum atomic E-state index is 0.283. The first-order valence-corrected chi connectivity index (χ1v) is 8.10. The van der Waals surface area contributed by atoms with E-state index >= 15 is 0 Å². The van der Waals surface area contributed by atoms with Crippen LogP contribution in [-0.4, -0.2) is 43.0 Å². The van der Waals surface area contributed by atoms with Crippen molar-refractivity contribution in [1.29, 1.82) is 10.5 Å². The monoisotopic (exact) mass is 294 g/mol. The molecule has 0 bridgehead atoms. The van der Waals surface area contributed by atoms with Crippen LogP contribution < -0.4 is 0 Å². The quantitative estimate of drug-likeness (QED) is 0.698. The Kier molecular flexibility index (Phi) is 4.32. The fraction of sp³-hybridized carbons (Fsp3) is 0.556. The summed E-state index contributed by atoms with van der Waals surface area (Å²) < 4.78 is 0. The Morgan fingerprint density at radius 2 is 1.73 bits per heavy atom. The molecule has 1 aliphatic heterocycles. The predicted molar refractivity (Wildman–Crippen MR) is 85.4 cm³/mol. The van der Waals surface area contributed by atoms with Gasteiger partial charge in [-0.3, -0.25) is 0 Å². The first kappa shape index (κ1) is 14.9. The van der Waals surface area contributed by atoms with Gasteiger partial charge in [-0.25, -0.2) is 0 Å². The average molecular weight is 294 g/mol. The molecule has 1 saturated heterocycles. The molecule has 0 unspecified atom stereocenters. The van der Waals surface area contributed by atoms with Gasteiger partial charge >= 0.3 is 0 Å². The number of piperazine rings is 1. The van der Waals surface area contributed by atoms with Gasteiger partial charge in [-0.2, -0.15) is 10.5 Å². The highest BCUT2D eigenvalue weighted by atomic mass is 15.2. The molecule has 0 spiro atoms. The van der Waals surface area contributed by atoms with E-state index in [-0.39, 0.29) is 5.57 Å². The molecule has 1 fully saturated rings. The minimum absolute atomic E-state index is 0.283. The van der Waals surface area contributed by atoms with E-state index in [2.05, 4.69) is 29.0 Å². The highest BCUT2D eigenvalue weighted by molar-refractivity contribution is 5.49. The van der Waals surface area contributed by atoms with Gasteiger partial charge in [0.25, 0.3) is 0 Å². The molecule has 0 amide bonds. The molecule has 0 saturated carbocycles. The lowest BCUT2D eigenvalue weighted by Gasteiger charge is -2.39. The number of rotatable bonds is 1. The summed E-state index contributed by atoms with van der Waals surface area (Å²) >= 11 is 0. The Labute approximate surface area is 132 Å². The second-order valence-electron chi connectivity index (χ2n) is 6.47. The van der Waals surface area contributed by atoms with Gasteiger partial charge in [0.1, 0.15) is 17.7 Å². The van der Waals surface area contributed by atoms with E-state index < -0.39 is 0 Å². The Balaban J connectivity index is 1.85. The van der Waals surface area contributed by atoms with Gasteiger partial charge in [0.15, 0.2) is 0 Å². The van der Waals surface area contributed by atoms with Crippen LogP contribution in [0.25, 0.3) is 0 Å². The van der Waals surface area contributed by atoms with Gasteiger partial charge in [-0.15, -0.1) is 0 Å². The highest BCUT2D eigenvalue weighted by Gasteiger charge is 2.26. The zero-order valence-electron chi connectivity index (χ0n) is 13.2. The maximum atomic E-state index is 9.07. The number of likely N-dealkylation sites (N-methyl/N-ethyl adjacent to an activating group) is 1. The summed E-state index contributed by atoms with van der Waals surface area (Å²) in [5, 5.41) is 18.1. The first-order chi connectivity index (χ1) is 10.7. The van der Waals surface area contributed by atoms with Crippen LogP contribution in [-0.2, 0) is 0 Å². The normalized spacial score (nSPS) is 25.5. The molecule has 0 radical (unpaired) electrons. The molecular formula is C18H22N4. The predicted octanol–water partition coefficient (Wildman–Crippen LogP) is 2.59. The van der Waals surface area contributed by atoms with Gasteiger partial charge in [0.2, 0.25) is 0 Å². The number of fused-ring (bicyclic) bond motifs is 1. The lowest BCUT2D eigenvalue weighted by Crippen LogP contribution is -2.44. The summed E-state index contributed by atoms with van der Waals surface area (Å²) in [4.78, 5) is 4.88. The van der Waals surface area contributed by atoms with E-state index in [1.807, 2.05) is 12.1 Å². The van der Waals surface area contributed by atoms with Gasteiger partial charge in [0.05, 0.1) is 0 Å². The molecule has 3 rings (SSSR count). The number of allylic oxidation sites excluding steroid dienone is 6. The maximum Gasteiger partial charge on any atom is 0.132 e. The second kappa shape index (κ2) is 6.38. The maximum absolute atomic E-state index is 9.07. The fourth-order valence-electron chi connectivity index (χ4n) is 3.65. The van der Waals surface area contributed by atoms with E-state index in [4.69, 9.17) is 10.5 Å². The van der Waals surface area contributed by atoms with Gasteiger partial charge in [0, 0.05) is 31.9 Å². The lowest BCUT2D eigenvalue weighted by molar-refractivity contribution is 0.179. The molecule has 0 aromatic rings. The van der Waals surface area contributed by atoms with Crippen molar-refractivity contribution in [2.45, 2.75) is 25.7 Å². The molecule has 4 nitrogen and oxygen atoms in total. The van der Waals surface area contributed by atoms with Crippen molar-refractivity contribution in [3.05, 3.63) is 34.6 Å². The van der Waals surface area contributed by atoms with Crippen LogP contribution in [0.15, 0.2) is 34.6 Å². The van der Waals surface area contributed by atoms with Crippen molar-refractivity contribution in [3.8, 4) is 12.1 Å². The number of nitriles is 2. The molecule has 1 atom stereocenters. The minimum Gasteiger partial charge on any atom is -0.372 e. The van der Waals surface area contributed by atoms with E-state index in [0.717, 1.165) is 51.0 Å². The Hall–Kier alpha value is -2.04. The smallest absolute Gasteiger partial charge is 0.132 e. The van der Waals surface area contributed by atoms with Crippen LogP contribution in [0.4, 0.5) is 0 Å². The largest absolute Gasteiger partial charge is 0.372 e. The zero-order chi connectivity index (χ0) is 15.5. The summed E-state index contributed by atoms with van der Waals surface area (Å²) in [6, 6.07) is 4.07. The van der Waals surface area contributed by atoms with Gasteiger partial charge in [-0.05, 0) is 55.9 Å². The highest BCUT2D eigenvalue weighted by Crippen LogP contribution is 2.38. The third kappa shape index (κ3) is 2.93. The molecule has 2 aliphatic carbocycles. The Morgan fingerprint density at radius 3 is 2.41 bits per heavy atom. The molecule has 1 heterocycles. The van der Waals surface area contributed by atoms with E-state index in [1.54, 1.807) is 0 Å². The van der Waals surface area contributed by atoms with Crippen LogP contribution in [0.3, 0.4) is 0 Å². The number of nitrogens with zero attached hydrogens (tertiary/aromatic N) is 4. The molecule has 0 aromatic heterocycles. The van der Waals surface area contributed by atoms with Crippen LogP contribution in [0, 0.1) is 28.6 Å². The lowest BCUT2D eigenvalue weighted by atomic mass is 9.77. The number of hydrogen-bond acceptors (Lipinski definition) is 4. The van der Waals surface area contributed by atoms with Crippen LogP contribution in [0.5, 0.6) is 0 Å². The van der Waals surface area contributed by atoms with Gasteiger partial charge < -0.3 is 9.80 Å². The Morgan fingerprint density at radius 1 is 1.05 bits per heavy atom. The molecule has 0 aromatic carbocycles. The van der Waals surface area contributed by atoms with E-state index in [9.17, 15) is 0 Å². The summed E-state index contributed by atoms with van der Waals surface area (Å²) in [6.07, 6.45) is 8.72. The summed E-state index contributed by atoms with van der Waals surface area (Å²) in [5.74, 6) is 0.610. The fourth-order valence-corrected chi connectivity index (χ4v) is 3.65. The van der Waals surface area contributed by atoms with Gasteiger partial charge in [-0.1, -0.05) is 6.08 Å². The molecule has 4 heteroatoms. The van der Waals surface area contributed by atoms with Crippen molar-refractivity contribution in [1.82, 2.24) is 9.80 Å². The molecule has 22 heavy (non-hydrogen) atoms. The van der Waals surface area contributed by atoms with E-state index in [1.165, 1.54) is 17.7 Å². The third-order valence-corrected chi connectivity index (χ3v) is 5.11. The van der Waals surface area contributed by atoms with Crippen LogP contribution >= 0.6 is 0 Å². The van der Waals surface area contributed by atoms with Crippen LogP contribution in [0.1, 0.15) is 25.7 Å². The zero-order valence-corrected chi connectivity index (χ0v) is 13.2. The number of hydrogen-bond donors (Lipinski definition) is 0. The molecular weight excluding hydrogens is 272 g/mol. The first-order valence-electron chi connectivity index (χ1n) is 8.10. The van der Waals surface area contributed by atoms with E-state index in [0.29, 0.717) is 5.92 Å². The Bertz CT molecular complexity index is 602. The summed E-state index contributed by atoms with van der Waals surface area (Å²) in [7, 11) is 2.18. The van der Waals surface area contributed by atoms with Crippen molar-refractivity contribution < 1.29 is 0 Å². The molecule has 3 aliphatic rings. The summed E-state index contributed by atoms with van der Waals surface area (Å²) in [5.41, 5.74) is 3.97. The topological polar surface area (TPSA) is 54.1 Å². The van der Waals surface area contributed by atoms with Crippen molar-refractivity contribution in [3.63, 3.8) is 0 Å². The summed E-state index contributed by atoms with van der Waals surface area (Å²) in [6.45, 7) is 4.45. The average Bonchev–Trinajstić information content (AvgIpc) is 2.56. The second-order valence-corrected chi connectivity index (χ2v) is 6.47.